The van der Waals surface area contributed by atoms with Crippen molar-refractivity contribution in [1.82, 2.24) is 0 Å². The largest absolute Gasteiger partial charge is 0.184 e. The summed E-state index contributed by atoms with van der Waals surface area (Å²) in [6.45, 7) is 0. The molecule has 0 aliphatic carbocycles. The molecule has 0 nitrogen and oxygen atoms in total. The van der Waals surface area contributed by atoms with E-state index in [9.17, 15) is 0 Å². The first kappa shape index (κ1) is 8.44. The Bertz CT molecular complexity index is 138. The zero-order valence-corrected chi connectivity index (χ0v) is 7.15. The van der Waals surface area contributed by atoms with E-state index in [0.717, 1.165) is 0 Å². The van der Waals surface area contributed by atoms with Crippen molar-refractivity contribution in [2.45, 2.75) is 0 Å². The van der Waals surface area contributed by atoms with Crippen LogP contribution in [0.25, 0.3) is 0 Å². The minimum Gasteiger partial charge on any atom is -0.184 e. The first-order chi connectivity index (χ1) is 3.39. The Hall–Kier alpha value is 0.444. The fourth-order valence-electron chi connectivity index (χ4n) is 0.367. The van der Waals surface area contributed by atoms with E-state index >= 15 is 0 Å². The van der Waals surface area contributed by atoms with Gasteiger partial charge in [0.2, 0.25) is 0 Å². The van der Waals surface area contributed by atoms with Gasteiger partial charge in [-0.25, -0.2) is 0 Å². The number of hydrogen-bond acceptors (Lipinski definition) is 0. The minimum atomic E-state index is 0. The smallest absolute Gasteiger partial charge is 0 e. The second kappa shape index (κ2) is 4.33. The predicted octanol–water partition coefficient (Wildman–Crippen LogP) is 2.09. The molecule has 0 radical (unpaired) electrons. The summed E-state index contributed by atoms with van der Waals surface area (Å²) in [5.41, 5.74) is 0. The van der Waals surface area contributed by atoms with Gasteiger partial charge in [0.05, 0.1) is 0 Å². The molecular formula is C6H4INi-. The van der Waals surface area contributed by atoms with Crippen molar-refractivity contribution in [1.29, 1.82) is 0 Å². The first-order valence-corrected chi connectivity index (χ1v) is 3.09. The summed E-state index contributed by atoms with van der Waals surface area (Å²) < 4.78 is 1.26. The third-order valence-electron chi connectivity index (χ3n) is 0.678. The van der Waals surface area contributed by atoms with Crippen LogP contribution in [0.5, 0.6) is 0 Å². The number of benzene rings is 1. The van der Waals surface area contributed by atoms with Crippen LogP contribution in [-0.4, -0.2) is 0 Å². The van der Waals surface area contributed by atoms with Gasteiger partial charge in [-0.05, 0) is 0 Å². The molecule has 0 N–H and O–H groups in total. The van der Waals surface area contributed by atoms with Gasteiger partial charge in [-0.1, -0.05) is 26.2 Å². The van der Waals surface area contributed by atoms with E-state index in [1.165, 1.54) is 3.57 Å². The van der Waals surface area contributed by atoms with Gasteiger partial charge in [0.25, 0.3) is 0 Å². The van der Waals surface area contributed by atoms with Crippen LogP contribution >= 0.6 is 22.6 Å². The van der Waals surface area contributed by atoms with Crippen molar-refractivity contribution >= 4 is 22.6 Å². The maximum Gasteiger partial charge on any atom is 0 e. The van der Waals surface area contributed by atoms with Gasteiger partial charge < -0.3 is 0 Å². The van der Waals surface area contributed by atoms with E-state index in [2.05, 4.69) is 28.7 Å². The minimum absolute atomic E-state index is 0. The molecule has 0 bridgehead atoms. The molecule has 0 aromatic heterocycles. The van der Waals surface area contributed by atoms with Crippen molar-refractivity contribution in [3.8, 4) is 0 Å². The van der Waals surface area contributed by atoms with Crippen LogP contribution in [0.3, 0.4) is 0 Å². The van der Waals surface area contributed by atoms with Gasteiger partial charge >= 0.3 is 0 Å². The summed E-state index contributed by atoms with van der Waals surface area (Å²) in [6.07, 6.45) is 0. The molecule has 0 unspecified atom stereocenters. The molecule has 1 aromatic rings. The van der Waals surface area contributed by atoms with Crippen molar-refractivity contribution in [3.63, 3.8) is 0 Å². The van der Waals surface area contributed by atoms with E-state index in [0.29, 0.717) is 0 Å². The Labute approximate surface area is 72.7 Å². The van der Waals surface area contributed by atoms with Crippen molar-refractivity contribution in [2.75, 3.05) is 0 Å². The van der Waals surface area contributed by atoms with Crippen LogP contribution < -0.4 is 0 Å². The molecule has 2 heteroatoms. The molecule has 0 spiro atoms. The SMILES string of the molecule is Ic1cc[c-]cc1.[Ni]. The molecule has 0 atom stereocenters. The number of hydrogen-bond donors (Lipinski definition) is 0. The number of halogens is 1. The first-order valence-electron chi connectivity index (χ1n) is 2.01. The summed E-state index contributed by atoms with van der Waals surface area (Å²) in [4.78, 5) is 0. The number of rotatable bonds is 0. The maximum atomic E-state index is 2.93. The topological polar surface area (TPSA) is 0 Å². The Morgan fingerprint density at radius 1 is 1.25 bits per heavy atom. The molecule has 1 aromatic carbocycles. The van der Waals surface area contributed by atoms with Gasteiger partial charge in [0, 0.05) is 16.5 Å². The van der Waals surface area contributed by atoms with Gasteiger partial charge in [-0.3, -0.25) is 0 Å². The summed E-state index contributed by atoms with van der Waals surface area (Å²) >= 11 is 2.26. The molecule has 0 saturated heterocycles. The van der Waals surface area contributed by atoms with Gasteiger partial charge in [-0.2, -0.15) is 30.3 Å². The summed E-state index contributed by atoms with van der Waals surface area (Å²) in [5.74, 6) is 0. The molecule has 1 rings (SSSR count). The monoisotopic (exact) mass is 261 g/mol. The second-order valence-electron chi connectivity index (χ2n) is 1.22. The van der Waals surface area contributed by atoms with Crippen LogP contribution in [-0.2, 0) is 16.5 Å². The van der Waals surface area contributed by atoms with Gasteiger partial charge in [0.1, 0.15) is 0 Å². The molecule has 0 aliphatic heterocycles. The fourth-order valence-corrected chi connectivity index (χ4v) is 0.726. The van der Waals surface area contributed by atoms with Gasteiger partial charge in [0.15, 0.2) is 0 Å². The Morgan fingerprint density at radius 2 is 1.75 bits per heavy atom. The molecule has 8 heavy (non-hydrogen) atoms. The zero-order valence-electron chi connectivity index (χ0n) is 4.00. The quantitative estimate of drug-likeness (QED) is 0.381. The van der Waals surface area contributed by atoms with Crippen molar-refractivity contribution in [3.05, 3.63) is 33.9 Å². The van der Waals surface area contributed by atoms with Crippen LogP contribution in [0.2, 0.25) is 0 Å². The Balaban J connectivity index is 0.000000490. The normalized spacial score (nSPS) is 7.62. The average molecular weight is 262 g/mol. The zero-order chi connectivity index (χ0) is 5.11. The molecular weight excluding hydrogens is 258 g/mol. The molecule has 0 heterocycles. The molecule has 0 aliphatic rings. The molecule has 0 amide bonds. The molecule has 0 fully saturated rings. The van der Waals surface area contributed by atoms with Crippen LogP contribution in [0.15, 0.2) is 24.3 Å². The van der Waals surface area contributed by atoms with Crippen LogP contribution in [0, 0.1) is 9.64 Å². The van der Waals surface area contributed by atoms with E-state index in [1.54, 1.807) is 0 Å². The fraction of sp³-hybridized carbons (Fsp3) is 0. The average Bonchev–Trinajstić information content (AvgIpc) is 1.69. The van der Waals surface area contributed by atoms with Gasteiger partial charge in [-0.15, -0.1) is 0 Å². The summed E-state index contributed by atoms with van der Waals surface area (Å²) in [5, 5.41) is 0. The third-order valence-corrected chi connectivity index (χ3v) is 1.40. The maximum absolute atomic E-state index is 2.93. The van der Waals surface area contributed by atoms with E-state index in [4.69, 9.17) is 0 Å². The second-order valence-corrected chi connectivity index (χ2v) is 2.46. The Kier molecular flexibility index (Phi) is 4.58. The van der Waals surface area contributed by atoms with E-state index in [1.807, 2.05) is 24.3 Å². The summed E-state index contributed by atoms with van der Waals surface area (Å²) in [6, 6.07) is 10.8. The van der Waals surface area contributed by atoms with Crippen molar-refractivity contribution in [2.24, 2.45) is 0 Å². The molecule has 0 saturated carbocycles. The molecule has 46 valence electrons. The predicted molar refractivity (Wildman–Crippen MR) is 38.0 cm³/mol. The van der Waals surface area contributed by atoms with E-state index < -0.39 is 0 Å². The van der Waals surface area contributed by atoms with Crippen LogP contribution in [0.4, 0.5) is 0 Å². The third kappa shape index (κ3) is 2.68. The van der Waals surface area contributed by atoms with Crippen molar-refractivity contribution < 1.29 is 16.5 Å². The van der Waals surface area contributed by atoms with Crippen LogP contribution in [0.1, 0.15) is 0 Å². The summed E-state index contributed by atoms with van der Waals surface area (Å²) in [7, 11) is 0. The standard InChI is InChI=1S/C6H4I.Ni/c7-6-4-2-1-3-5-6;/h2-5H;/q-1;. The Morgan fingerprint density at radius 3 is 2.00 bits per heavy atom. The van der Waals surface area contributed by atoms with E-state index in [-0.39, 0.29) is 16.5 Å².